The Hall–Kier alpha value is 0.1000. The maximum absolute atomic E-state index is 13.5. The first-order chi connectivity index (χ1) is 8.49. The van der Waals surface area contributed by atoms with Crippen molar-refractivity contribution in [1.82, 2.24) is 0 Å². The maximum Gasteiger partial charge on any atom is 0.142 e. The summed E-state index contributed by atoms with van der Waals surface area (Å²) < 4.78 is 15.4. The molecule has 0 N–H and O–H groups in total. The average molecular weight is 457 g/mol. The van der Waals surface area contributed by atoms with Crippen LogP contribution in [-0.2, 0) is 0 Å². The second kappa shape index (κ2) is 6.04. The van der Waals surface area contributed by atoms with E-state index in [4.69, 9.17) is 11.6 Å². The fourth-order valence-corrected chi connectivity index (χ4v) is 3.50. The van der Waals surface area contributed by atoms with E-state index >= 15 is 0 Å². The minimum Gasteiger partial charge on any atom is -0.205 e. The Morgan fingerprint density at radius 3 is 2.44 bits per heavy atom. The Morgan fingerprint density at radius 2 is 1.78 bits per heavy atom. The minimum absolute atomic E-state index is 0.101. The Kier molecular flexibility index (Phi) is 4.86. The summed E-state index contributed by atoms with van der Waals surface area (Å²) in [6, 6.07) is 10.7. The predicted octanol–water partition coefficient (Wildman–Crippen LogP) is 6.49. The second-order valence-electron chi connectivity index (χ2n) is 3.70. The van der Waals surface area contributed by atoms with E-state index in [1.807, 2.05) is 18.2 Å². The number of hydrogen-bond acceptors (Lipinski definition) is 0. The van der Waals surface area contributed by atoms with Crippen LogP contribution in [0.2, 0.25) is 5.02 Å². The monoisotopic (exact) mass is 454 g/mol. The van der Waals surface area contributed by atoms with Gasteiger partial charge in [-0.3, -0.25) is 0 Å². The molecule has 0 spiro atoms. The standard InChI is InChI=1S/C13H7Br3ClF/c14-8-2-3-10(15)9(6-8)13(16)7-1-4-11(17)12(18)5-7/h1-6,13H. The zero-order valence-electron chi connectivity index (χ0n) is 8.93. The molecule has 94 valence electrons. The molecule has 2 rings (SSSR count). The molecule has 0 nitrogen and oxygen atoms in total. The van der Waals surface area contributed by atoms with Crippen LogP contribution < -0.4 is 0 Å². The summed E-state index contributed by atoms with van der Waals surface area (Å²) in [5, 5.41) is 0.131. The molecule has 1 unspecified atom stereocenters. The molecule has 0 aliphatic heterocycles. The summed E-state index contributed by atoms with van der Waals surface area (Å²) >= 11 is 16.2. The molecule has 2 aromatic carbocycles. The van der Waals surface area contributed by atoms with Crippen LogP contribution in [0.5, 0.6) is 0 Å². The van der Waals surface area contributed by atoms with Gasteiger partial charge in [0.1, 0.15) is 5.82 Å². The highest BCUT2D eigenvalue weighted by atomic mass is 79.9. The minimum atomic E-state index is -0.412. The molecular weight excluding hydrogens is 450 g/mol. The van der Waals surface area contributed by atoms with Gasteiger partial charge in [-0.05, 0) is 41.5 Å². The van der Waals surface area contributed by atoms with Gasteiger partial charge in [0.15, 0.2) is 0 Å². The summed E-state index contributed by atoms with van der Waals surface area (Å²) in [4.78, 5) is -0.101. The first-order valence-electron chi connectivity index (χ1n) is 5.03. The molecule has 0 saturated heterocycles. The molecule has 18 heavy (non-hydrogen) atoms. The Bertz CT molecular complexity index is 586. The number of hydrogen-bond donors (Lipinski definition) is 0. The van der Waals surface area contributed by atoms with Crippen LogP contribution in [0.4, 0.5) is 4.39 Å². The normalized spacial score (nSPS) is 12.5. The largest absolute Gasteiger partial charge is 0.205 e. The van der Waals surface area contributed by atoms with Gasteiger partial charge in [-0.2, -0.15) is 0 Å². The summed E-state index contributed by atoms with van der Waals surface area (Å²) in [6.45, 7) is 0. The lowest BCUT2D eigenvalue weighted by molar-refractivity contribution is 0.626. The Morgan fingerprint density at radius 1 is 1.06 bits per heavy atom. The molecule has 0 aliphatic carbocycles. The van der Waals surface area contributed by atoms with Gasteiger partial charge >= 0.3 is 0 Å². The van der Waals surface area contributed by atoms with Gasteiger partial charge in [-0.15, -0.1) is 0 Å². The van der Waals surface area contributed by atoms with Crippen LogP contribution >= 0.6 is 59.4 Å². The van der Waals surface area contributed by atoms with Crippen molar-refractivity contribution < 1.29 is 4.39 Å². The van der Waals surface area contributed by atoms with E-state index in [0.29, 0.717) is 0 Å². The van der Waals surface area contributed by atoms with Crippen molar-refractivity contribution in [3.05, 3.63) is 67.3 Å². The van der Waals surface area contributed by atoms with Gasteiger partial charge in [0.2, 0.25) is 0 Å². The third-order valence-corrected chi connectivity index (χ3v) is 5.01. The lowest BCUT2D eigenvalue weighted by Gasteiger charge is -2.13. The fourth-order valence-electron chi connectivity index (χ4n) is 1.56. The number of benzene rings is 2. The van der Waals surface area contributed by atoms with E-state index < -0.39 is 5.82 Å². The first kappa shape index (κ1) is 14.5. The highest BCUT2D eigenvalue weighted by Gasteiger charge is 2.15. The van der Waals surface area contributed by atoms with E-state index in [2.05, 4.69) is 47.8 Å². The summed E-state index contributed by atoms with van der Waals surface area (Å²) in [6.07, 6.45) is 0. The molecule has 0 bridgehead atoms. The van der Waals surface area contributed by atoms with Crippen LogP contribution in [0.3, 0.4) is 0 Å². The van der Waals surface area contributed by atoms with E-state index in [1.165, 1.54) is 6.07 Å². The van der Waals surface area contributed by atoms with Crippen molar-refractivity contribution in [3.63, 3.8) is 0 Å². The average Bonchev–Trinajstić information content (AvgIpc) is 2.35. The van der Waals surface area contributed by atoms with Crippen LogP contribution in [0.1, 0.15) is 16.0 Å². The van der Waals surface area contributed by atoms with Gasteiger partial charge in [-0.1, -0.05) is 65.5 Å². The third-order valence-electron chi connectivity index (χ3n) is 2.47. The van der Waals surface area contributed by atoms with Crippen molar-refractivity contribution >= 4 is 59.4 Å². The fraction of sp³-hybridized carbons (Fsp3) is 0.0769. The molecule has 0 aliphatic rings. The predicted molar refractivity (Wildman–Crippen MR) is 84.0 cm³/mol. The van der Waals surface area contributed by atoms with Crippen molar-refractivity contribution in [2.24, 2.45) is 0 Å². The highest BCUT2D eigenvalue weighted by molar-refractivity contribution is 9.11. The van der Waals surface area contributed by atoms with Gasteiger partial charge in [0.05, 0.1) is 9.85 Å². The quantitative estimate of drug-likeness (QED) is 0.453. The lowest BCUT2D eigenvalue weighted by atomic mass is 10.0. The summed E-state index contributed by atoms with van der Waals surface area (Å²) in [5.41, 5.74) is 1.83. The smallest absolute Gasteiger partial charge is 0.142 e. The molecular formula is C13H7Br3ClF. The van der Waals surface area contributed by atoms with Gasteiger partial charge in [-0.25, -0.2) is 4.39 Å². The zero-order chi connectivity index (χ0) is 13.3. The molecule has 2 aromatic rings. The van der Waals surface area contributed by atoms with Crippen LogP contribution in [-0.4, -0.2) is 0 Å². The highest BCUT2D eigenvalue weighted by Crippen LogP contribution is 2.37. The van der Waals surface area contributed by atoms with Gasteiger partial charge < -0.3 is 0 Å². The molecule has 5 heteroatoms. The van der Waals surface area contributed by atoms with Crippen LogP contribution in [0.15, 0.2) is 45.3 Å². The molecule has 1 atom stereocenters. The third kappa shape index (κ3) is 3.16. The number of alkyl halides is 1. The summed E-state index contributed by atoms with van der Waals surface area (Å²) in [5.74, 6) is -0.412. The topological polar surface area (TPSA) is 0 Å². The zero-order valence-corrected chi connectivity index (χ0v) is 14.4. The van der Waals surface area contributed by atoms with E-state index in [0.717, 1.165) is 20.1 Å². The Balaban J connectivity index is 2.44. The van der Waals surface area contributed by atoms with E-state index in [9.17, 15) is 4.39 Å². The van der Waals surface area contributed by atoms with Gasteiger partial charge in [0, 0.05) is 8.95 Å². The lowest BCUT2D eigenvalue weighted by Crippen LogP contribution is -1.95. The molecule has 0 radical (unpaired) electrons. The number of rotatable bonds is 2. The molecule has 0 amide bonds. The molecule has 0 heterocycles. The van der Waals surface area contributed by atoms with E-state index in [-0.39, 0.29) is 9.85 Å². The molecule has 0 aromatic heterocycles. The first-order valence-corrected chi connectivity index (χ1v) is 7.91. The van der Waals surface area contributed by atoms with Crippen molar-refractivity contribution in [1.29, 1.82) is 0 Å². The van der Waals surface area contributed by atoms with Crippen molar-refractivity contribution in [2.45, 2.75) is 4.83 Å². The van der Waals surface area contributed by atoms with Crippen LogP contribution in [0.25, 0.3) is 0 Å². The maximum atomic E-state index is 13.5. The van der Waals surface area contributed by atoms with Crippen molar-refractivity contribution in [2.75, 3.05) is 0 Å². The number of halogens is 5. The molecule has 0 fully saturated rings. The summed E-state index contributed by atoms with van der Waals surface area (Å²) in [7, 11) is 0. The van der Waals surface area contributed by atoms with E-state index in [1.54, 1.807) is 12.1 Å². The SMILES string of the molecule is Fc1cc(C(Br)c2cc(Br)ccc2Br)ccc1Cl. The second-order valence-corrected chi connectivity index (χ2v) is 6.79. The van der Waals surface area contributed by atoms with Gasteiger partial charge in [0.25, 0.3) is 0 Å². The van der Waals surface area contributed by atoms with Crippen LogP contribution in [0, 0.1) is 5.82 Å². The molecule has 0 saturated carbocycles. The van der Waals surface area contributed by atoms with Crippen molar-refractivity contribution in [3.8, 4) is 0 Å². The Labute approximate surface area is 135 Å².